The Hall–Kier alpha value is -2.39. The Labute approximate surface area is 123 Å². The van der Waals surface area contributed by atoms with Gasteiger partial charge in [-0.15, -0.1) is 0 Å². The Morgan fingerprint density at radius 3 is 2.57 bits per heavy atom. The third-order valence-corrected chi connectivity index (χ3v) is 4.22. The molecule has 0 saturated carbocycles. The quantitative estimate of drug-likeness (QED) is 0.779. The highest BCUT2D eigenvalue weighted by molar-refractivity contribution is 5.57. The van der Waals surface area contributed by atoms with E-state index in [0.29, 0.717) is 0 Å². The van der Waals surface area contributed by atoms with Gasteiger partial charge >= 0.3 is 0 Å². The number of aliphatic hydroxyl groups is 1. The van der Waals surface area contributed by atoms with Gasteiger partial charge in [0.1, 0.15) is 6.10 Å². The molecule has 0 amide bonds. The van der Waals surface area contributed by atoms with Gasteiger partial charge in [0.05, 0.1) is 18.1 Å². The molecule has 0 radical (unpaired) electrons. The van der Waals surface area contributed by atoms with Crippen LogP contribution in [0.2, 0.25) is 0 Å². The number of benzene rings is 2. The molecule has 3 aromatic rings. The molecule has 0 bridgehead atoms. The van der Waals surface area contributed by atoms with Gasteiger partial charge in [-0.2, -0.15) is 0 Å². The van der Waals surface area contributed by atoms with Crippen LogP contribution < -0.4 is 0 Å². The zero-order valence-corrected chi connectivity index (χ0v) is 11.6. The number of rotatable bonds is 2. The van der Waals surface area contributed by atoms with E-state index in [1.54, 1.807) is 0 Å². The Kier molecular flexibility index (Phi) is 2.86. The van der Waals surface area contributed by atoms with Gasteiger partial charge in [-0.05, 0) is 17.5 Å². The van der Waals surface area contributed by atoms with Gasteiger partial charge in [0.15, 0.2) is 0 Å². The summed E-state index contributed by atoms with van der Waals surface area (Å²) in [7, 11) is 0. The van der Waals surface area contributed by atoms with Crippen LogP contribution in [0.15, 0.2) is 67.1 Å². The smallest absolute Gasteiger partial charge is 0.100 e. The normalized spacial score (nSPS) is 20.4. The van der Waals surface area contributed by atoms with Crippen molar-refractivity contribution in [1.82, 2.24) is 9.55 Å². The highest BCUT2D eigenvalue weighted by Gasteiger charge is 2.31. The molecule has 0 aliphatic heterocycles. The Bertz CT molecular complexity index is 764. The molecule has 0 spiro atoms. The molecule has 1 heterocycles. The number of aliphatic hydroxyl groups excluding tert-OH is 1. The topological polar surface area (TPSA) is 38.0 Å². The molecule has 1 aliphatic carbocycles. The van der Waals surface area contributed by atoms with Gasteiger partial charge in [0, 0.05) is 11.8 Å². The summed E-state index contributed by atoms with van der Waals surface area (Å²) < 4.78 is 2.03. The summed E-state index contributed by atoms with van der Waals surface area (Å²) in [6.45, 7) is 0. The average Bonchev–Trinajstić information content (AvgIpc) is 3.14. The highest BCUT2D eigenvalue weighted by atomic mass is 16.3. The Morgan fingerprint density at radius 2 is 1.76 bits per heavy atom. The summed E-state index contributed by atoms with van der Waals surface area (Å²) in [6, 6.07) is 18.3. The standard InChI is InChI=1S/C18H16N2O/c21-18-15-9-5-4-8-14(15)10-17(18)20-11-16(19-12-20)13-6-2-1-3-7-13/h1-9,11-12,17-18,21H,10H2/t17-,18+/m1/s1. The minimum absolute atomic E-state index is 0.0346. The Balaban J connectivity index is 1.66. The first kappa shape index (κ1) is 12.4. The monoisotopic (exact) mass is 276 g/mol. The van der Waals surface area contributed by atoms with Crippen LogP contribution in [0.4, 0.5) is 0 Å². The highest BCUT2D eigenvalue weighted by Crippen LogP contribution is 2.39. The van der Waals surface area contributed by atoms with E-state index in [9.17, 15) is 5.11 Å². The molecular weight excluding hydrogens is 260 g/mol. The number of imidazole rings is 1. The van der Waals surface area contributed by atoms with Crippen molar-refractivity contribution in [2.45, 2.75) is 18.6 Å². The molecule has 0 saturated heterocycles. The lowest BCUT2D eigenvalue weighted by atomic mass is 10.1. The van der Waals surface area contributed by atoms with Gasteiger partial charge in [-0.25, -0.2) is 4.98 Å². The molecule has 0 fully saturated rings. The molecular formula is C18H16N2O. The van der Waals surface area contributed by atoms with Crippen molar-refractivity contribution < 1.29 is 5.11 Å². The lowest BCUT2D eigenvalue weighted by molar-refractivity contribution is 0.127. The fourth-order valence-electron chi connectivity index (χ4n) is 3.10. The molecule has 104 valence electrons. The van der Waals surface area contributed by atoms with E-state index in [1.165, 1.54) is 5.56 Å². The molecule has 3 nitrogen and oxygen atoms in total. The van der Waals surface area contributed by atoms with E-state index in [0.717, 1.165) is 23.2 Å². The van der Waals surface area contributed by atoms with Crippen LogP contribution in [0.3, 0.4) is 0 Å². The Morgan fingerprint density at radius 1 is 1.00 bits per heavy atom. The van der Waals surface area contributed by atoms with E-state index < -0.39 is 6.10 Å². The number of hydrogen-bond donors (Lipinski definition) is 1. The summed E-state index contributed by atoms with van der Waals surface area (Å²) >= 11 is 0. The predicted molar refractivity (Wildman–Crippen MR) is 81.8 cm³/mol. The van der Waals surface area contributed by atoms with Crippen molar-refractivity contribution in [3.05, 3.63) is 78.2 Å². The second-order valence-corrected chi connectivity index (χ2v) is 5.49. The number of nitrogens with zero attached hydrogens (tertiary/aromatic N) is 2. The number of fused-ring (bicyclic) bond motifs is 1. The summed E-state index contributed by atoms with van der Waals surface area (Å²) in [4.78, 5) is 4.48. The maximum Gasteiger partial charge on any atom is 0.100 e. The van der Waals surface area contributed by atoms with Gasteiger partial charge in [0.2, 0.25) is 0 Å². The van der Waals surface area contributed by atoms with Crippen LogP contribution in [0, 0.1) is 0 Å². The lowest BCUT2D eigenvalue weighted by Crippen LogP contribution is -2.12. The first-order chi connectivity index (χ1) is 10.3. The number of aromatic nitrogens is 2. The summed E-state index contributed by atoms with van der Waals surface area (Å²) in [6.07, 6.45) is 4.23. The van der Waals surface area contributed by atoms with Crippen LogP contribution in [0.25, 0.3) is 11.3 Å². The van der Waals surface area contributed by atoms with Crippen molar-refractivity contribution in [2.75, 3.05) is 0 Å². The van der Waals surface area contributed by atoms with Crippen molar-refractivity contribution >= 4 is 0 Å². The summed E-state index contributed by atoms with van der Waals surface area (Å²) in [5, 5.41) is 10.5. The van der Waals surface area contributed by atoms with Crippen LogP contribution in [-0.4, -0.2) is 14.7 Å². The molecule has 1 aliphatic rings. The molecule has 1 N–H and O–H groups in total. The maximum absolute atomic E-state index is 10.5. The molecule has 0 unspecified atom stereocenters. The molecule has 1 aromatic heterocycles. The van der Waals surface area contributed by atoms with Gasteiger partial charge < -0.3 is 9.67 Å². The zero-order chi connectivity index (χ0) is 14.2. The molecule has 2 atom stereocenters. The van der Waals surface area contributed by atoms with E-state index in [-0.39, 0.29) is 6.04 Å². The minimum Gasteiger partial charge on any atom is -0.386 e. The van der Waals surface area contributed by atoms with Crippen LogP contribution >= 0.6 is 0 Å². The second kappa shape index (κ2) is 4.86. The van der Waals surface area contributed by atoms with Gasteiger partial charge in [0.25, 0.3) is 0 Å². The van der Waals surface area contributed by atoms with Crippen LogP contribution in [-0.2, 0) is 6.42 Å². The van der Waals surface area contributed by atoms with Crippen molar-refractivity contribution in [1.29, 1.82) is 0 Å². The molecule has 2 aromatic carbocycles. The minimum atomic E-state index is -0.459. The summed E-state index contributed by atoms with van der Waals surface area (Å²) in [5.41, 5.74) is 4.31. The van der Waals surface area contributed by atoms with Crippen molar-refractivity contribution in [2.24, 2.45) is 0 Å². The fourth-order valence-corrected chi connectivity index (χ4v) is 3.10. The predicted octanol–water partition coefficient (Wildman–Crippen LogP) is 3.38. The SMILES string of the molecule is O[C@H]1c2ccccc2C[C@H]1n1cnc(-c2ccccc2)c1. The van der Waals surface area contributed by atoms with Crippen LogP contribution in [0.1, 0.15) is 23.3 Å². The van der Waals surface area contributed by atoms with E-state index in [4.69, 9.17) is 0 Å². The first-order valence-corrected chi connectivity index (χ1v) is 7.18. The summed E-state index contributed by atoms with van der Waals surface area (Å²) in [5.74, 6) is 0. The zero-order valence-electron chi connectivity index (χ0n) is 11.6. The lowest BCUT2D eigenvalue weighted by Gasteiger charge is -2.16. The van der Waals surface area contributed by atoms with Crippen molar-refractivity contribution in [3.63, 3.8) is 0 Å². The van der Waals surface area contributed by atoms with Crippen molar-refractivity contribution in [3.8, 4) is 11.3 Å². The van der Waals surface area contributed by atoms with E-state index in [2.05, 4.69) is 11.1 Å². The maximum atomic E-state index is 10.5. The molecule has 3 heteroatoms. The third-order valence-electron chi connectivity index (χ3n) is 4.22. The van der Waals surface area contributed by atoms with Gasteiger partial charge in [-0.3, -0.25) is 0 Å². The van der Waals surface area contributed by atoms with Crippen LogP contribution in [0.5, 0.6) is 0 Å². The average molecular weight is 276 g/mol. The first-order valence-electron chi connectivity index (χ1n) is 7.18. The van der Waals surface area contributed by atoms with Gasteiger partial charge in [-0.1, -0.05) is 54.6 Å². The second-order valence-electron chi connectivity index (χ2n) is 5.49. The third kappa shape index (κ3) is 2.06. The number of hydrogen-bond acceptors (Lipinski definition) is 2. The largest absolute Gasteiger partial charge is 0.386 e. The van der Waals surface area contributed by atoms with E-state index in [1.807, 2.05) is 65.6 Å². The van der Waals surface area contributed by atoms with E-state index >= 15 is 0 Å². The fraction of sp³-hybridized carbons (Fsp3) is 0.167. The molecule has 4 rings (SSSR count). The molecule has 21 heavy (non-hydrogen) atoms.